The van der Waals surface area contributed by atoms with Crippen LogP contribution >= 0.6 is 0 Å². The van der Waals surface area contributed by atoms with Gasteiger partial charge in [-0.3, -0.25) is 14.6 Å². The zero-order valence-electron chi connectivity index (χ0n) is 12.0. The van der Waals surface area contributed by atoms with Crippen molar-refractivity contribution >= 4 is 17.4 Å². The van der Waals surface area contributed by atoms with Crippen molar-refractivity contribution < 1.29 is 9.59 Å². The van der Waals surface area contributed by atoms with Gasteiger partial charge in [0.15, 0.2) is 5.78 Å². The SMILES string of the molecule is Cc1cc(NC(=O)C2CC(=O)c3cccc(C)c32)ccn1. The number of fused-ring (bicyclic) bond motifs is 1. The summed E-state index contributed by atoms with van der Waals surface area (Å²) in [5, 5.41) is 2.88. The summed E-state index contributed by atoms with van der Waals surface area (Å²) in [6, 6.07) is 9.16. The van der Waals surface area contributed by atoms with Crippen molar-refractivity contribution in [3.63, 3.8) is 0 Å². The molecule has 1 aliphatic carbocycles. The van der Waals surface area contributed by atoms with Crippen molar-refractivity contribution in [3.05, 3.63) is 58.9 Å². The molecule has 106 valence electrons. The molecule has 2 aromatic rings. The predicted octanol–water partition coefficient (Wildman–Crippen LogP) is 3.01. The molecule has 1 aromatic carbocycles. The first-order chi connectivity index (χ1) is 10.1. The van der Waals surface area contributed by atoms with Crippen LogP contribution < -0.4 is 5.32 Å². The summed E-state index contributed by atoms with van der Waals surface area (Å²) in [4.78, 5) is 28.7. The number of carbonyl (C=O) groups is 2. The zero-order chi connectivity index (χ0) is 15.0. The highest BCUT2D eigenvalue weighted by Gasteiger charge is 2.35. The minimum atomic E-state index is -0.401. The third-order valence-corrected chi connectivity index (χ3v) is 3.84. The van der Waals surface area contributed by atoms with Gasteiger partial charge in [0, 0.05) is 29.6 Å². The summed E-state index contributed by atoms with van der Waals surface area (Å²) in [6.07, 6.45) is 1.90. The minimum absolute atomic E-state index is 0.0414. The van der Waals surface area contributed by atoms with E-state index >= 15 is 0 Å². The topological polar surface area (TPSA) is 59.1 Å². The molecular formula is C17H16N2O2. The summed E-state index contributed by atoms with van der Waals surface area (Å²) in [6.45, 7) is 3.81. The number of pyridine rings is 1. The van der Waals surface area contributed by atoms with E-state index in [1.165, 1.54) is 0 Å². The standard InChI is InChI=1S/C17H16N2O2/c1-10-4-3-5-13-15(20)9-14(16(10)13)17(21)19-12-6-7-18-11(2)8-12/h3-8,14H,9H2,1-2H3,(H,18,19,21). The number of nitrogens with one attached hydrogen (secondary N) is 1. The molecule has 21 heavy (non-hydrogen) atoms. The van der Waals surface area contributed by atoms with Crippen LogP contribution in [0.5, 0.6) is 0 Å². The highest BCUT2D eigenvalue weighted by molar-refractivity contribution is 6.09. The number of hydrogen-bond acceptors (Lipinski definition) is 3. The molecule has 0 bridgehead atoms. The number of aromatic nitrogens is 1. The molecule has 0 fully saturated rings. The lowest BCUT2D eigenvalue weighted by atomic mass is 9.96. The number of ketones is 1. The Morgan fingerprint density at radius 3 is 2.86 bits per heavy atom. The molecule has 1 atom stereocenters. The van der Waals surface area contributed by atoms with Crippen LogP contribution in [-0.2, 0) is 4.79 Å². The molecule has 1 aliphatic rings. The van der Waals surface area contributed by atoms with Crippen molar-refractivity contribution in [3.8, 4) is 0 Å². The number of benzene rings is 1. The van der Waals surface area contributed by atoms with Crippen molar-refractivity contribution in [1.29, 1.82) is 0 Å². The van der Waals surface area contributed by atoms with Crippen LogP contribution in [0.3, 0.4) is 0 Å². The van der Waals surface area contributed by atoms with Gasteiger partial charge in [-0.05, 0) is 37.1 Å². The molecule has 0 radical (unpaired) electrons. The van der Waals surface area contributed by atoms with E-state index < -0.39 is 5.92 Å². The van der Waals surface area contributed by atoms with E-state index in [9.17, 15) is 9.59 Å². The largest absolute Gasteiger partial charge is 0.325 e. The molecule has 3 rings (SSSR count). The van der Waals surface area contributed by atoms with Gasteiger partial charge in [0.25, 0.3) is 0 Å². The number of rotatable bonds is 2. The van der Waals surface area contributed by atoms with Gasteiger partial charge in [-0.2, -0.15) is 0 Å². The van der Waals surface area contributed by atoms with Crippen LogP contribution in [0.15, 0.2) is 36.5 Å². The Morgan fingerprint density at radius 2 is 2.10 bits per heavy atom. The Balaban J connectivity index is 1.89. The number of carbonyl (C=O) groups excluding carboxylic acids is 2. The average molecular weight is 280 g/mol. The molecule has 1 aromatic heterocycles. The fraction of sp³-hybridized carbons (Fsp3) is 0.235. The van der Waals surface area contributed by atoms with E-state index in [1.807, 2.05) is 32.0 Å². The van der Waals surface area contributed by atoms with Crippen LogP contribution in [0.1, 0.15) is 39.5 Å². The smallest absolute Gasteiger partial charge is 0.232 e. The lowest BCUT2D eigenvalue weighted by Gasteiger charge is -2.13. The lowest BCUT2D eigenvalue weighted by molar-refractivity contribution is -0.117. The second-order valence-corrected chi connectivity index (χ2v) is 5.39. The molecule has 4 heteroatoms. The van der Waals surface area contributed by atoms with Gasteiger partial charge in [-0.1, -0.05) is 18.2 Å². The summed E-state index contributed by atoms with van der Waals surface area (Å²) in [5.74, 6) is -0.496. The number of amides is 1. The van der Waals surface area contributed by atoms with Crippen molar-refractivity contribution in [2.75, 3.05) is 5.32 Å². The van der Waals surface area contributed by atoms with Crippen LogP contribution in [0.2, 0.25) is 0 Å². The summed E-state index contributed by atoms with van der Waals surface area (Å²) in [7, 11) is 0. The number of anilines is 1. The molecule has 1 N–H and O–H groups in total. The fourth-order valence-corrected chi connectivity index (χ4v) is 2.86. The molecule has 1 unspecified atom stereocenters. The van der Waals surface area contributed by atoms with E-state index in [4.69, 9.17) is 0 Å². The van der Waals surface area contributed by atoms with Crippen LogP contribution in [-0.4, -0.2) is 16.7 Å². The van der Waals surface area contributed by atoms with E-state index in [1.54, 1.807) is 18.3 Å². The first kappa shape index (κ1) is 13.5. The number of hydrogen-bond donors (Lipinski definition) is 1. The molecule has 0 spiro atoms. The molecule has 1 amide bonds. The van der Waals surface area contributed by atoms with Crippen molar-refractivity contribution in [1.82, 2.24) is 4.98 Å². The van der Waals surface area contributed by atoms with E-state index in [0.29, 0.717) is 11.3 Å². The Morgan fingerprint density at radius 1 is 1.29 bits per heavy atom. The van der Waals surface area contributed by atoms with Crippen LogP contribution in [0, 0.1) is 13.8 Å². The van der Waals surface area contributed by atoms with Gasteiger partial charge in [0.2, 0.25) is 5.91 Å². The Hall–Kier alpha value is -2.49. The van der Waals surface area contributed by atoms with Crippen LogP contribution in [0.4, 0.5) is 5.69 Å². The zero-order valence-corrected chi connectivity index (χ0v) is 12.0. The quantitative estimate of drug-likeness (QED) is 0.920. The van der Waals surface area contributed by atoms with Gasteiger partial charge < -0.3 is 5.32 Å². The average Bonchev–Trinajstić information content (AvgIpc) is 2.78. The lowest BCUT2D eigenvalue weighted by Crippen LogP contribution is -2.20. The Bertz CT molecular complexity index is 737. The third-order valence-electron chi connectivity index (χ3n) is 3.84. The van der Waals surface area contributed by atoms with Gasteiger partial charge in [-0.15, -0.1) is 0 Å². The van der Waals surface area contributed by atoms with Crippen LogP contribution in [0.25, 0.3) is 0 Å². The monoisotopic (exact) mass is 280 g/mol. The maximum absolute atomic E-state index is 12.5. The van der Waals surface area contributed by atoms with E-state index in [-0.39, 0.29) is 18.1 Å². The summed E-state index contributed by atoms with van der Waals surface area (Å²) < 4.78 is 0. The normalized spacial score (nSPS) is 16.7. The third kappa shape index (κ3) is 2.44. The maximum Gasteiger partial charge on any atom is 0.232 e. The van der Waals surface area contributed by atoms with Gasteiger partial charge >= 0.3 is 0 Å². The highest BCUT2D eigenvalue weighted by Crippen LogP contribution is 2.36. The molecule has 4 nitrogen and oxygen atoms in total. The van der Waals surface area contributed by atoms with Crippen molar-refractivity contribution in [2.24, 2.45) is 0 Å². The molecule has 1 heterocycles. The van der Waals surface area contributed by atoms with E-state index in [2.05, 4.69) is 10.3 Å². The molecule has 0 saturated heterocycles. The number of nitrogens with zero attached hydrogens (tertiary/aromatic N) is 1. The van der Waals surface area contributed by atoms with Gasteiger partial charge in [-0.25, -0.2) is 0 Å². The van der Waals surface area contributed by atoms with Gasteiger partial charge in [0.1, 0.15) is 0 Å². The predicted molar refractivity (Wildman–Crippen MR) is 80.5 cm³/mol. The number of aryl methyl sites for hydroxylation is 2. The highest BCUT2D eigenvalue weighted by atomic mass is 16.2. The minimum Gasteiger partial charge on any atom is -0.325 e. The molecule has 0 aliphatic heterocycles. The Labute approximate surface area is 123 Å². The molecular weight excluding hydrogens is 264 g/mol. The van der Waals surface area contributed by atoms with E-state index in [0.717, 1.165) is 16.8 Å². The number of Topliss-reactive ketones (excluding diaryl/α,β-unsaturated/α-hetero) is 1. The first-order valence-electron chi connectivity index (χ1n) is 6.92. The second-order valence-electron chi connectivity index (χ2n) is 5.39. The summed E-state index contributed by atoms with van der Waals surface area (Å²) in [5.41, 5.74) is 4.09. The fourth-order valence-electron chi connectivity index (χ4n) is 2.86. The summed E-state index contributed by atoms with van der Waals surface area (Å²) >= 11 is 0. The maximum atomic E-state index is 12.5. The second kappa shape index (κ2) is 5.13. The molecule has 0 saturated carbocycles. The first-order valence-corrected chi connectivity index (χ1v) is 6.92. The Kier molecular flexibility index (Phi) is 3.29. The van der Waals surface area contributed by atoms with Gasteiger partial charge in [0.05, 0.1) is 5.92 Å². The van der Waals surface area contributed by atoms with Crippen molar-refractivity contribution in [2.45, 2.75) is 26.2 Å².